The molecule has 3 aliphatic heterocycles. The van der Waals surface area contributed by atoms with Crippen molar-refractivity contribution in [2.24, 2.45) is 0 Å². The summed E-state index contributed by atoms with van der Waals surface area (Å²) < 4.78 is 22.8. The second-order valence-electron chi connectivity index (χ2n) is 9.69. The summed E-state index contributed by atoms with van der Waals surface area (Å²) in [6.07, 6.45) is -1.22. The van der Waals surface area contributed by atoms with E-state index in [0.717, 1.165) is 39.0 Å². The normalized spacial score (nSPS) is 26.9. The first kappa shape index (κ1) is 27.2. The van der Waals surface area contributed by atoms with E-state index in [4.69, 9.17) is 18.9 Å². The summed E-state index contributed by atoms with van der Waals surface area (Å²) >= 11 is 0. The van der Waals surface area contributed by atoms with E-state index in [1.54, 1.807) is 24.3 Å². The SMILES string of the molecule is CCCCC(OC(=O)CN1CCN(C)CC1)c1ccccc1C(=O)OC1CO[C@H]2[C@@H]1OC[C@H]2O[N+](=O)[O-]. The van der Waals surface area contributed by atoms with Crippen LogP contribution in [0.4, 0.5) is 0 Å². The van der Waals surface area contributed by atoms with Crippen LogP contribution in [0.1, 0.15) is 48.2 Å². The fourth-order valence-corrected chi connectivity index (χ4v) is 4.95. The van der Waals surface area contributed by atoms with Crippen LogP contribution in [-0.4, -0.2) is 104 Å². The van der Waals surface area contributed by atoms with Crippen LogP contribution in [-0.2, 0) is 28.6 Å². The van der Waals surface area contributed by atoms with Crippen molar-refractivity contribution in [2.75, 3.05) is 53.0 Å². The fourth-order valence-electron chi connectivity index (χ4n) is 4.95. The lowest BCUT2D eigenvalue weighted by Gasteiger charge is -2.32. The fraction of sp³-hybridized carbons (Fsp3) is 0.680. The molecule has 2 unspecified atom stereocenters. The van der Waals surface area contributed by atoms with Crippen molar-refractivity contribution in [2.45, 2.75) is 56.7 Å². The van der Waals surface area contributed by atoms with Gasteiger partial charge in [-0.2, -0.15) is 0 Å². The molecule has 3 heterocycles. The summed E-state index contributed by atoms with van der Waals surface area (Å²) in [6.45, 7) is 5.68. The molecule has 1 aromatic carbocycles. The number of unbranched alkanes of at least 4 members (excludes halogenated alkanes) is 1. The molecule has 0 N–H and O–H groups in total. The van der Waals surface area contributed by atoms with Crippen LogP contribution in [0, 0.1) is 10.1 Å². The number of ether oxygens (including phenoxy) is 4. The molecule has 3 aliphatic rings. The number of likely N-dealkylation sites (N-methyl/N-ethyl adjacent to an activating group) is 1. The van der Waals surface area contributed by atoms with Crippen LogP contribution in [0.2, 0.25) is 0 Å². The molecule has 0 saturated carbocycles. The Morgan fingerprint density at radius 1 is 1.11 bits per heavy atom. The number of piperazine rings is 1. The lowest BCUT2D eigenvalue weighted by molar-refractivity contribution is -0.769. The molecule has 3 fully saturated rings. The molecular formula is C25H35N3O9. The van der Waals surface area contributed by atoms with Gasteiger partial charge in [0.25, 0.3) is 5.09 Å². The van der Waals surface area contributed by atoms with Crippen molar-refractivity contribution < 1.29 is 38.5 Å². The Labute approximate surface area is 215 Å². The molecule has 12 nitrogen and oxygen atoms in total. The molecule has 0 radical (unpaired) electrons. The van der Waals surface area contributed by atoms with E-state index in [9.17, 15) is 19.7 Å². The van der Waals surface area contributed by atoms with Gasteiger partial charge in [0.1, 0.15) is 18.3 Å². The van der Waals surface area contributed by atoms with Gasteiger partial charge in [-0.05, 0) is 26.0 Å². The summed E-state index contributed by atoms with van der Waals surface area (Å²) in [6, 6.07) is 6.95. The van der Waals surface area contributed by atoms with Gasteiger partial charge in [0.15, 0.2) is 12.2 Å². The minimum Gasteiger partial charge on any atom is -0.457 e. The number of nitrogens with zero attached hydrogens (tertiary/aromatic N) is 3. The summed E-state index contributed by atoms with van der Waals surface area (Å²) in [5, 5.41) is 9.83. The topological polar surface area (TPSA) is 130 Å². The third-order valence-electron chi connectivity index (χ3n) is 7.01. The number of esters is 2. The number of carbonyl (C=O) groups excluding carboxylic acids is 2. The third kappa shape index (κ3) is 6.95. The average Bonchev–Trinajstić information content (AvgIpc) is 3.46. The van der Waals surface area contributed by atoms with E-state index in [2.05, 4.69) is 28.6 Å². The van der Waals surface area contributed by atoms with E-state index >= 15 is 0 Å². The summed E-state index contributed by atoms with van der Waals surface area (Å²) in [4.78, 5) is 45.7. The van der Waals surface area contributed by atoms with Gasteiger partial charge in [-0.25, -0.2) is 4.79 Å². The number of fused-ring (bicyclic) bond motifs is 1. The molecule has 0 spiro atoms. The average molecular weight is 522 g/mol. The van der Waals surface area contributed by atoms with Gasteiger partial charge in [0.2, 0.25) is 0 Å². The predicted octanol–water partition coefficient (Wildman–Crippen LogP) is 1.61. The third-order valence-corrected chi connectivity index (χ3v) is 7.01. The van der Waals surface area contributed by atoms with Crippen LogP contribution in [0.5, 0.6) is 0 Å². The molecule has 3 saturated heterocycles. The highest BCUT2D eigenvalue weighted by Crippen LogP contribution is 2.32. The molecule has 5 atom stereocenters. The Bertz CT molecular complexity index is 953. The van der Waals surface area contributed by atoms with Crippen LogP contribution in [0.15, 0.2) is 24.3 Å². The van der Waals surface area contributed by atoms with Gasteiger partial charge in [-0.1, -0.05) is 31.5 Å². The molecule has 12 heteroatoms. The zero-order chi connectivity index (χ0) is 26.4. The van der Waals surface area contributed by atoms with Crippen LogP contribution in [0.3, 0.4) is 0 Å². The summed E-state index contributed by atoms with van der Waals surface area (Å²) in [5.41, 5.74) is 0.889. The highest BCUT2D eigenvalue weighted by molar-refractivity contribution is 5.91. The summed E-state index contributed by atoms with van der Waals surface area (Å²) in [5.74, 6) is -0.916. The quantitative estimate of drug-likeness (QED) is 0.239. The number of hydrogen-bond acceptors (Lipinski definition) is 11. The smallest absolute Gasteiger partial charge is 0.339 e. The molecule has 1 aromatic rings. The maximum atomic E-state index is 13.3. The van der Waals surface area contributed by atoms with Crippen molar-refractivity contribution >= 4 is 11.9 Å². The first-order valence-electron chi connectivity index (χ1n) is 12.8. The van der Waals surface area contributed by atoms with Gasteiger partial charge >= 0.3 is 11.9 Å². The van der Waals surface area contributed by atoms with E-state index < -0.39 is 41.6 Å². The Morgan fingerprint density at radius 3 is 2.49 bits per heavy atom. The largest absolute Gasteiger partial charge is 0.457 e. The monoisotopic (exact) mass is 521 g/mol. The van der Waals surface area contributed by atoms with Crippen LogP contribution in [0.25, 0.3) is 0 Å². The van der Waals surface area contributed by atoms with Crippen LogP contribution >= 0.6 is 0 Å². The Kier molecular flexibility index (Phi) is 9.30. The molecular weight excluding hydrogens is 486 g/mol. The predicted molar refractivity (Wildman–Crippen MR) is 129 cm³/mol. The number of carbonyl (C=O) groups is 2. The molecule has 4 rings (SSSR count). The molecule has 0 aliphatic carbocycles. The van der Waals surface area contributed by atoms with E-state index in [-0.39, 0.29) is 25.7 Å². The minimum absolute atomic E-state index is 0.0245. The molecule has 204 valence electrons. The van der Waals surface area contributed by atoms with E-state index in [1.165, 1.54) is 0 Å². The molecule has 37 heavy (non-hydrogen) atoms. The number of benzene rings is 1. The molecule has 0 bridgehead atoms. The van der Waals surface area contributed by atoms with Crippen molar-refractivity contribution in [3.63, 3.8) is 0 Å². The lowest BCUT2D eigenvalue weighted by atomic mass is 9.98. The van der Waals surface area contributed by atoms with E-state index in [0.29, 0.717) is 17.5 Å². The maximum absolute atomic E-state index is 13.3. The van der Waals surface area contributed by atoms with Crippen LogP contribution < -0.4 is 0 Å². The zero-order valence-corrected chi connectivity index (χ0v) is 21.3. The highest BCUT2D eigenvalue weighted by Gasteiger charge is 2.51. The number of hydrogen-bond donors (Lipinski definition) is 0. The first-order valence-corrected chi connectivity index (χ1v) is 12.8. The standard InChI is InChI=1S/C25H35N3O9/c1-3-4-9-19(35-22(29)14-27-12-10-26(2)11-13-27)17-7-5-6-8-18(17)25(30)36-20-15-33-24-21(37-28(31)32)16-34-23(20)24/h5-8,19-21,23-24H,3-4,9-16H2,1-2H3/t19?,20?,21-,23-,24-/m1/s1. The van der Waals surface area contributed by atoms with Crippen molar-refractivity contribution in [3.8, 4) is 0 Å². The number of rotatable bonds is 11. The Hall–Kier alpha value is -2.80. The first-order chi connectivity index (χ1) is 17.9. The van der Waals surface area contributed by atoms with Gasteiger partial charge in [0.05, 0.1) is 25.3 Å². The van der Waals surface area contributed by atoms with Crippen molar-refractivity contribution in [3.05, 3.63) is 45.5 Å². The Morgan fingerprint density at radius 2 is 1.78 bits per heavy atom. The summed E-state index contributed by atoms with van der Waals surface area (Å²) in [7, 11) is 2.06. The molecule has 0 aromatic heterocycles. The molecule has 0 amide bonds. The van der Waals surface area contributed by atoms with Gasteiger partial charge in [-0.3, -0.25) is 9.69 Å². The second-order valence-corrected chi connectivity index (χ2v) is 9.69. The lowest BCUT2D eigenvalue weighted by Crippen LogP contribution is -2.46. The van der Waals surface area contributed by atoms with Crippen molar-refractivity contribution in [1.29, 1.82) is 0 Å². The van der Waals surface area contributed by atoms with Gasteiger partial charge < -0.3 is 28.7 Å². The second kappa shape index (κ2) is 12.6. The zero-order valence-electron chi connectivity index (χ0n) is 21.3. The van der Waals surface area contributed by atoms with Crippen molar-refractivity contribution in [1.82, 2.24) is 9.80 Å². The minimum atomic E-state index is -0.878. The van der Waals surface area contributed by atoms with Gasteiger partial charge in [0, 0.05) is 31.7 Å². The highest BCUT2D eigenvalue weighted by atomic mass is 17.0. The Balaban J connectivity index is 1.42. The van der Waals surface area contributed by atoms with Gasteiger partial charge in [-0.15, -0.1) is 10.1 Å². The van der Waals surface area contributed by atoms with E-state index in [1.807, 2.05) is 0 Å². The maximum Gasteiger partial charge on any atom is 0.339 e.